The third-order valence-electron chi connectivity index (χ3n) is 1.75. The lowest BCUT2D eigenvalue weighted by Gasteiger charge is -2.24. The molecule has 0 spiro atoms. The molecule has 1 heterocycles. The standard InChI is InChI=1S/C8H14Cl2O5/c1-7(5-9)13-8(6-10,15-14-7)12-4-2-3-11/h11H,2-6H2,1H3/t7-,8-/m0/s1. The highest BCUT2D eigenvalue weighted by molar-refractivity contribution is 6.18. The van der Waals surface area contributed by atoms with Crippen molar-refractivity contribution < 1.29 is 24.4 Å². The minimum absolute atomic E-state index is 0.0198. The van der Waals surface area contributed by atoms with E-state index in [1.54, 1.807) is 6.92 Å². The molecule has 0 aliphatic carbocycles. The van der Waals surface area contributed by atoms with Gasteiger partial charge in [-0.25, -0.2) is 0 Å². The Morgan fingerprint density at radius 2 is 2.00 bits per heavy atom. The summed E-state index contributed by atoms with van der Waals surface area (Å²) in [4.78, 5) is 9.80. The van der Waals surface area contributed by atoms with Crippen LogP contribution >= 0.6 is 23.2 Å². The molecule has 0 amide bonds. The number of hydrogen-bond acceptors (Lipinski definition) is 5. The van der Waals surface area contributed by atoms with E-state index >= 15 is 0 Å². The normalized spacial score (nSPS) is 36.0. The molecule has 1 N–H and O–H groups in total. The lowest BCUT2D eigenvalue weighted by atomic mass is 10.4. The first-order valence-corrected chi connectivity index (χ1v) is 5.60. The fraction of sp³-hybridized carbons (Fsp3) is 1.00. The van der Waals surface area contributed by atoms with E-state index in [9.17, 15) is 0 Å². The Morgan fingerprint density at radius 3 is 2.47 bits per heavy atom. The molecule has 1 aliphatic rings. The van der Waals surface area contributed by atoms with Gasteiger partial charge in [-0.05, 0) is 13.3 Å². The Bertz CT molecular complexity index is 205. The molecule has 1 aliphatic heterocycles. The number of hydrogen-bond donors (Lipinski definition) is 1. The first-order chi connectivity index (χ1) is 7.10. The first-order valence-electron chi connectivity index (χ1n) is 4.53. The lowest BCUT2D eigenvalue weighted by Crippen LogP contribution is -2.40. The summed E-state index contributed by atoms with van der Waals surface area (Å²) in [7, 11) is 0. The van der Waals surface area contributed by atoms with Crippen molar-refractivity contribution in [3.8, 4) is 0 Å². The summed E-state index contributed by atoms with van der Waals surface area (Å²) in [6, 6.07) is 0. The van der Waals surface area contributed by atoms with Crippen molar-refractivity contribution in [3.63, 3.8) is 0 Å². The average Bonchev–Trinajstić information content (AvgIpc) is 2.59. The number of aliphatic hydroxyl groups excluding tert-OH is 1. The van der Waals surface area contributed by atoms with Crippen molar-refractivity contribution in [2.45, 2.75) is 25.1 Å². The lowest BCUT2D eigenvalue weighted by molar-refractivity contribution is -0.407. The van der Waals surface area contributed by atoms with Crippen molar-refractivity contribution in [2.24, 2.45) is 0 Å². The van der Waals surface area contributed by atoms with Crippen LogP contribution in [0.3, 0.4) is 0 Å². The van der Waals surface area contributed by atoms with Crippen LogP contribution in [0.25, 0.3) is 0 Å². The van der Waals surface area contributed by atoms with E-state index in [1.165, 1.54) is 0 Å². The van der Waals surface area contributed by atoms with Crippen LogP contribution in [0.4, 0.5) is 0 Å². The van der Waals surface area contributed by atoms with Crippen molar-refractivity contribution in [1.29, 1.82) is 0 Å². The average molecular weight is 261 g/mol. The molecule has 0 radical (unpaired) electrons. The maximum atomic E-state index is 8.60. The Morgan fingerprint density at radius 1 is 1.27 bits per heavy atom. The summed E-state index contributed by atoms with van der Waals surface area (Å²) in [5, 5.41) is 8.60. The van der Waals surface area contributed by atoms with Gasteiger partial charge >= 0.3 is 5.97 Å². The molecule has 0 bridgehead atoms. The number of halogens is 2. The topological polar surface area (TPSA) is 57.2 Å². The molecule has 15 heavy (non-hydrogen) atoms. The van der Waals surface area contributed by atoms with Gasteiger partial charge in [-0.3, -0.25) is 4.74 Å². The summed E-state index contributed by atoms with van der Waals surface area (Å²) < 4.78 is 10.6. The highest BCUT2D eigenvalue weighted by atomic mass is 35.5. The van der Waals surface area contributed by atoms with E-state index < -0.39 is 11.8 Å². The van der Waals surface area contributed by atoms with Gasteiger partial charge < -0.3 is 9.84 Å². The highest BCUT2D eigenvalue weighted by Crippen LogP contribution is 2.35. The second-order valence-corrected chi connectivity index (χ2v) is 3.81. The Hall–Kier alpha value is 0.380. The second kappa shape index (κ2) is 5.63. The van der Waals surface area contributed by atoms with Gasteiger partial charge in [0, 0.05) is 6.61 Å². The zero-order chi connectivity index (χ0) is 11.4. The van der Waals surface area contributed by atoms with E-state index in [-0.39, 0.29) is 25.0 Å². The minimum atomic E-state index is -1.43. The van der Waals surface area contributed by atoms with Crippen LogP contribution in [0.1, 0.15) is 13.3 Å². The first kappa shape index (κ1) is 13.4. The van der Waals surface area contributed by atoms with Crippen LogP contribution in [-0.2, 0) is 19.2 Å². The second-order valence-electron chi connectivity index (χ2n) is 3.28. The van der Waals surface area contributed by atoms with Crippen molar-refractivity contribution in [1.82, 2.24) is 0 Å². The van der Waals surface area contributed by atoms with Gasteiger partial charge in [0.05, 0.1) is 12.5 Å². The molecule has 1 rings (SSSR count). The fourth-order valence-corrected chi connectivity index (χ4v) is 1.27. The molecule has 0 aromatic carbocycles. The molecule has 1 fully saturated rings. The van der Waals surface area contributed by atoms with Gasteiger partial charge in [0.25, 0.3) is 0 Å². The van der Waals surface area contributed by atoms with Crippen LogP contribution in [0.15, 0.2) is 0 Å². The molecule has 90 valence electrons. The predicted molar refractivity (Wildman–Crippen MR) is 53.5 cm³/mol. The molecule has 7 heteroatoms. The predicted octanol–water partition coefficient (Wildman–Crippen LogP) is 1.21. The van der Waals surface area contributed by atoms with Gasteiger partial charge in [0.2, 0.25) is 5.79 Å². The maximum Gasteiger partial charge on any atom is 0.328 e. The molecule has 0 aromatic heterocycles. The maximum absolute atomic E-state index is 8.60. The van der Waals surface area contributed by atoms with Gasteiger partial charge in [-0.2, -0.15) is 9.78 Å². The van der Waals surface area contributed by atoms with E-state index in [2.05, 4.69) is 0 Å². The van der Waals surface area contributed by atoms with E-state index in [0.29, 0.717) is 6.42 Å². The van der Waals surface area contributed by atoms with Crippen LogP contribution in [-0.4, -0.2) is 41.8 Å². The van der Waals surface area contributed by atoms with Crippen molar-refractivity contribution in [2.75, 3.05) is 25.0 Å². The zero-order valence-electron chi connectivity index (χ0n) is 8.37. The van der Waals surface area contributed by atoms with E-state index in [0.717, 1.165) is 0 Å². The van der Waals surface area contributed by atoms with Crippen LogP contribution < -0.4 is 0 Å². The molecule has 0 unspecified atom stereocenters. The summed E-state index contributed by atoms with van der Waals surface area (Å²) in [6.45, 7) is 1.89. The zero-order valence-corrected chi connectivity index (χ0v) is 9.88. The number of ether oxygens (including phenoxy) is 2. The quantitative estimate of drug-likeness (QED) is 0.442. The van der Waals surface area contributed by atoms with Gasteiger partial charge in [0.15, 0.2) is 0 Å². The Kier molecular flexibility index (Phi) is 5.05. The monoisotopic (exact) mass is 260 g/mol. The fourth-order valence-electron chi connectivity index (χ4n) is 0.998. The van der Waals surface area contributed by atoms with E-state index in [1.807, 2.05) is 0 Å². The van der Waals surface area contributed by atoms with Crippen LogP contribution in [0.5, 0.6) is 0 Å². The third-order valence-corrected chi connectivity index (χ3v) is 2.56. The summed E-state index contributed by atoms with van der Waals surface area (Å²) >= 11 is 11.3. The Labute approximate surface area is 98.1 Å². The minimum Gasteiger partial charge on any atom is -0.396 e. The van der Waals surface area contributed by atoms with Crippen LogP contribution in [0, 0.1) is 0 Å². The van der Waals surface area contributed by atoms with E-state index in [4.69, 9.17) is 47.6 Å². The third kappa shape index (κ3) is 3.42. The highest BCUT2D eigenvalue weighted by Gasteiger charge is 2.51. The molecule has 5 nitrogen and oxygen atoms in total. The molecule has 0 saturated carbocycles. The summed E-state index contributed by atoms with van der Waals surface area (Å²) in [5.41, 5.74) is 0. The van der Waals surface area contributed by atoms with Crippen LogP contribution in [0.2, 0.25) is 0 Å². The SMILES string of the molecule is C[C@@]1(CCl)OO[C@@](CCl)(OCCCO)O1. The largest absolute Gasteiger partial charge is 0.396 e. The molecule has 2 atom stereocenters. The van der Waals surface area contributed by atoms with Crippen molar-refractivity contribution >= 4 is 23.2 Å². The number of rotatable bonds is 6. The summed E-state index contributed by atoms with van der Waals surface area (Å²) in [6.07, 6.45) is 0.461. The van der Waals surface area contributed by atoms with Gasteiger partial charge in [0.1, 0.15) is 5.88 Å². The smallest absolute Gasteiger partial charge is 0.328 e. The Balaban J connectivity index is 2.49. The van der Waals surface area contributed by atoms with Gasteiger partial charge in [-0.1, -0.05) is 0 Å². The number of alkyl halides is 2. The molecule has 0 aromatic rings. The molecular formula is C8H14Cl2O5. The van der Waals surface area contributed by atoms with Crippen molar-refractivity contribution in [3.05, 3.63) is 0 Å². The molecule has 1 saturated heterocycles. The summed E-state index contributed by atoms with van der Waals surface area (Å²) in [5.74, 6) is -2.45. The van der Waals surface area contributed by atoms with Gasteiger partial charge in [-0.15, -0.1) is 23.2 Å². The number of aliphatic hydroxyl groups is 1. The molecular weight excluding hydrogens is 247 g/mol.